The lowest BCUT2D eigenvalue weighted by Crippen LogP contribution is -2.41. The standard InChI is InChI=1S/C16H21ClN2O2/c1-10-8-19(9-13(10)18(2)3)16(20)15-7-11-6-12(17)4-5-14(11)21-15/h4-6,10,13,15H,7-9H2,1-3H3/t10-,13+,15+/m1/s1. The number of halogens is 1. The van der Waals surface area contributed by atoms with Crippen molar-refractivity contribution in [1.29, 1.82) is 0 Å². The van der Waals surface area contributed by atoms with Crippen LogP contribution >= 0.6 is 11.6 Å². The minimum atomic E-state index is -0.397. The first-order valence-corrected chi connectivity index (χ1v) is 7.74. The quantitative estimate of drug-likeness (QED) is 0.838. The Morgan fingerprint density at radius 2 is 2.14 bits per heavy atom. The van der Waals surface area contributed by atoms with E-state index in [9.17, 15) is 4.79 Å². The molecule has 0 aliphatic carbocycles. The highest BCUT2D eigenvalue weighted by Crippen LogP contribution is 2.32. The number of hydrogen-bond acceptors (Lipinski definition) is 3. The van der Waals surface area contributed by atoms with Crippen LogP contribution in [0.25, 0.3) is 0 Å². The molecule has 0 N–H and O–H groups in total. The van der Waals surface area contributed by atoms with Gasteiger partial charge in [-0.15, -0.1) is 0 Å². The maximum Gasteiger partial charge on any atom is 0.264 e. The van der Waals surface area contributed by atoms with Gasteiger partial charge in [0.05, 0.1) is 0 Å². The predicted octanol–water partition coefficient (Wildman–Crippen LogP) is 2.05. The topological polar surface area (TPSA) is 32.8 Å². The van der Waals surface area contributed by atoms with Crippen molar-refractivity contribution in [2.45, 2.75) is 25.5 Å². The summed E-state index contributed by atoms with van der Waals surface area (Å²) in [7, 11) is 4.14. The summed E-state index contributed by atoms with van der Waals surface area (Å²) in [4.78, 5) is 16.8. The summed E-state index contributed by atoms with van der Waals surface area (Å²) in [5.74, 6) is 1.37. The Morgan fingerprint density at radius 1 is 1.38 bits per heavy atom. The van der Waals surface area contributed by atoms with Gasteiger partial charge in [-0.05, 0) is 43.8 Å². The van der Waals surface area contributed by atoms with E-state index < -0.39 is 6.10 Å². The first-order valence-electron chi connectivity index (χ1n) is 7.36. The number of carbonyl (C=O) groups is 1. The smallest absolute Gasteiger partial charge is 0.264 e. The predicted molar refractivity (Wildman–Crippen MR) is 82.8 cm³/mol. The molecule has 3 rings (SSSR count). The van der Waals surface area contributed by atoms with Crippen LogP contribution in [0.2, 0.25) is 5.02 Å². The van der Waals surface area contributed by atoms with Crippen molar-refractivity contribution < 1.29 is 9.53 Å². The molecule has 2 aliphatic rings. The molecule has 1 aromatic rings. The molecule has 2 aliphatic heterocycles. The van der Waals surface area contributed by atoms with Crippen LogP contribution in [-0.2, 0) is 11.2 Å². The molecule has 3 atom stereocenters. The summed E-state index contributed by atoms with van der Waals surface area (Å²) in [6.07, 6.45) is 0.221. The summed E-state index contributed by atoms with van der Waals surface area (Å²) < 4.78 is 5.80. The molecule has 1 fully saturated rings. The third-order valence-corrected chi connectivity index (χ3v) is 4.76. The molecular formula is C16H21ClN2O2. The SMILES string of the molecule is C[C@@H]1CN(C(=O)[C@@H]2Cc3cc(Cl)ccc3O2)C[C@@H]1N(C)C. The monoisotopic (exact) mass is 308 g/mol. The fourth-order valence-electron chi connectivity index (χ4n) is 3.36. The van der Waals surface area contributed by atoms with E-state index >= 15 is 0 Å². The van der Waals surface area contributed by atoms with Crippen LogP contribution in [0, 0.1) is 5.92 Å². The van der Waals surface area contributed by atoms with Gasteiger partial charge >= 0.3 is 0 Å². The first-order chi connectivity index (χ1) is 9.95. The minimum absolute atomic E-state index is 0.0959. The number of nitrogens with zero attached hydrogens (tertiary/aromatic N) is 2. The molecule has 1 aromatic carbocycles. The Labute approximate surface area is 130 Å². The average molecular weight is 309 g/mol. The van der Waals surface area contributed by atoms with Crippen LogP contribution in [0.3, 0.4) is 0 Å². The molecule has 0 saturated carbocycles. The number of likely N-dealkylation sites (N-methyl/N-ethyl adjacent to an activating group) is 1. The molecule has 4 nitrogen and oxygen atoms in total. The van der Waals surface area contributed by atoms with Gasteiger partial charge in [-0.1, -0.05) is 18.5 Å². The van der Waals surface area contributed by atoms with Gasteiger partial charge in [0.1, 0.15) is 5.75 Å². The van der Waals surface area contributed by atoms with Crippen LogP contribution in [0.15, 0.2) is 18.2 Å². The van der Waals surface area contributed by atoms with E-state index in [0.29, 0.717) is 23.4 Å². The Balaban J connectivity index is 1.68. The van der Waals surface area contributed by atoms with Gasteiger partial charge in [-0.25, -0.2) is 0 Å². The number of benzene rings is 1. The number of likely N-dealkylation sites (tertiary alicyclic amines) is 1. The number of carbonyl (C=O) groups excluding carboxylic acids is 1. The summed E-state index contributed by atoms with van der Waals surface area (Å²) in [5.41, 5.74) is 1.03. The maximum atomic E-state index is 12.7. The fourth-order valence-corrected chi connectivity index (χ4v) is 3.56. The molecule has 0 bridgehead atoms. The van der Waals surface area contributed by atoms with Gasteiger partial charge in [-0.2, -0.15) is 0 Å². The molecule has 2 heterocycles. The van der Waals surface area contributed by atoms with E-state index in [1.54, 1.807) is 6.07 Å². The Kier molecular flexibility index (Phi) is 3.84. The number of hydrogen-bond donors (Lipinski definition) is 0. The van der Waals surface area contributed by atoms with Crippen molar-refractivity contribution in [3.8, 4) is 5.75 Å². The van der Waals surface area contributed by atoms with Gasteiger partial charge in [0.25, 0.3) is 5.91 Å². The fraction of sp³-hybridized carbons (Fsp3) is 0.562. The van der Waals surface area contributed by atoms with Crippen molar-refractivity contribution >= 4 is 17.5 Å². The van der Waals surface area contributed by atoms with Gasteiger partial charge in [0, 0.05) is 30.6 Å². The van der Waals surface area contributed by atoms with Gasteiger partial charge in [0.2, 0.25) is 0 Å². The molecular weight excluding hydrogens is 288 g/mol. The molecule has 21 heavy (non-hydrogen) atoms. The third-order valence-electron chi connectivity index (χ3n) is 4.52. The summed E-state index contributed by atoms with van der Waals surface area (Å²) in [6, 6.07) is 5.96. The normalized spacial score (nSPS) is 27.9. The summed E-state index contributed by atoms with van der Waals surface area (Å²) in [5, 5.41) is 0.688. The lowest BCUT2D eigenvalue weighted by atomic mass is 10.1. The average Bonchev–Trinajstić information content (AvgIpc) is 3.00. The lowest BCUT2D eigenvalue weighted by Gasteiger charge is -2.23. The lowest BCUT2D eigenvalue weighted by molar-refractivity contribution is -0.137. The van der Waals surface area contributed by atoms with Crippen molar-refractivity contribution in [2.75, 3.05) is 27.2 Å². The highest BCUT2D eigenvalue weighted by Gasteiger charge is 2.39. The van der Waals surface area contributed by atoms with Crippen LogP contribution in [0.1, 0.15) is 12.5 Å². The number of amides is 1. The minimum Gasteiger partial charge on any atom is -0.480 e. The van der Waals surface area contributed by atoms with E-state index in [4.69, 9.17) is 16.3 Å². The molecule has 5 heteroatoms. The van der Waals surface area contributed by atoms with Gasteiger partial charge < -0.3 is 14.5 Å². The van der Waals surface area contributed by atoms with E-state index in [2.05, 4.69) is 25.9 Å². The van der Waals surface area contributed by atoms with Crippen molar-refractivity contribution in [1.82, 2.24) is 9.80 Å². The van der Waals surface area contributed by atoms with E-state index in [-0.39, 0.29) is 5.91 Å². The molecule has 0 radical (unpaired) electrons. The van der Waals surface area contributed by atoms with Crippen LogP contribution in [0.5, 0.6) is 5.75 Å². The zero-order valence-electron chi connectivity index (χ0n) is 12.7. The second kappa shape index (κ2) is 5.50. The van der Waals surface area contributed by atoms with Gasteiger partial charge in [-0.3, -0.25) is 4.79 Å². The zero-order valence-corrected chi connectivity index (χ0v) is 13.4. The number of ether oxygens (including phenoxy) is 1. The van der Waals surface area contributed by atoms with E-state index in [1.165, 1.54) is 0 Å². The molecule has 1 amide bonds. The Bertz CT molecular complexity index is 561. The number of rotatable bonds is 2. The van der Waals surface area contributed by atoms with Crippen molar-refractivity contribution in [2.24, 2.45) is 5.92 Å². The first kappa shape index (κ1) is 14.7. The molecule has 1 saturated heterocycles. The second-order valence-corrected chi connectivity index (χ2v) is 6.75. The largest absolute Gasteiger partial charge is 0.480 e. The molecule has 0 spiro atoms. The molecule has 0 unspecified atom stereocenters. The molecule has 114 valence electrons. The second-order valence-electron chi connectivity index (χ2n) is 6.31. The highest BCUT2D eigenvalue weighted by molar-refractivity contribution is 6.30. The van der Waals surface area contributed by atoms with Crippen LogP contribution < -0.4 is 4.74 Å². The Morgan fingerprint density at radius 3 is 2.81 bits per heavy atom. The maximum absolute atomic E-state index is 12.7. The van der Waals surface area contributed by atoms with Crippen molar-refractivity contribution in [3.63, 3.8) is 0 Å². The highest BCUT2D eigenvalue weighted by atomic mass is 35.5. The summed E-state index contributed by atoms with van der Waals surface area (Å²) >= 11 is 5.99. The van der Waals surface area contributed by atoms with E-state index in [1.807, 2.05) is 17.0 Å². The van der Waals surface area contributed by atoms with Gasteiger partial charge in [0.15, 0.2) is 6.10 Å². The van der Waals surface area contributed by atoms with Crippen molar-refractivity contribution in [3.05, 3.63) is 28.8 Å². The Hall–Kier alpha value is -1.26. The third kappa shape index (κ3) is 2.74. The summed E-state index contributed by atoms with van der Waals surface area (Å²) in [6.45, 7) is 3.78. The number of fused-ring (bicyclic) bond motifs is 1. The zero-order chi connectivity index (χ0) is 15.1. The van der Waals surface area contributed by atoms with E-state index in [0.717, 1.165) is 24.4 Å². The van der Waals surface area contributed by atoms with Crippen LogP contribution in [0.4, 0.5) is 0 Å². The van der Waals surface area contributed by atoms with Crippen LogP contribution in [-0.4, -0.2) is 55.0 Å². The molecule has 0 aromatic heterocycles.